The van der Waals surface area contributed by atoms with Crippen LogP contribution in [0.15, 0.2) is 15.7 Å². The lowest BCUT2D eigenvalue weighted by Gasteiger charge is -2.31. The maximum atomic E-state index is 13.6. The fourth-order valence-electron chi connectivity index (χ4n) is 4.25. The van der Waals surface area contributed by atoms with Crippen LogP contribution in [0.5, 0.6) is 0 Å². The van der Waals surface area contributed by atoms with Gasteiger partial charge in [-0.15, -0.1) is 5.92 Å². The second kappa shape index (κ2) is 8.59. The Kier molecular flexibility index (Phi) is 5.84. The number of anilines is 1. The third-order valence-corrected chi connectivity index (χ3v) is 5.72. The molecule has 10 heteroatoms. The highest BCUT2D eigenvalue weighted by Gasteiger charge is 2.26. The van der Waals surface area contributed by atoms with E-state index in [1.807, 2.05) is 24.8 Å². The van der Waals surface area contributed by atoms with E-state index in [2.05, 4.69) is 26.8 Å². The van der Waals surface area contributed by atoms with Gasteiger partial charge in [-0.05, 0) is 39.7 Å². The fourth-order valence-corrected chi connectivity index (χ4v) is 4.25. The maximum absolute atomic E-state index is 13.6. The zero-order chi connectivity index (χ0) is 23.0. The molecule has 0 bridgehead atoms. The molecule has 1 unspecified atom stereocenters. The molecule has 1 fully saturated rings. The van der Waals surface area contributed by atoms with Crippen LogP contribution in [0.2, 0.25) is 0 Å². The third kappa shape index (κ3) is 3.91. The molecule has 10 nitrogen and oxygen atoms in total. The highest BCUT2D eigenvalue weighted by molar-refractivity contribution is 5.77. The summed E-state index contributed by atoms with van der Waals surface area (Å²) >= 11 is 0. The second-order valence-electron chi connectivity index (χ2n) is 8.23. The normalized spacial score (nSPS) is 16.3. The Labute approximate surface area is 185 Å². The van der Waals surface area contributed by atoms with E-state index < -0.39 is 0 Å². The van der Waals surface area contributed by atoms with Crippen LogP contribution < -0.4 is 21.8 Å². The lowest BCUT2D eigenvalue weighted by atomic mass is 10.1. The summed E-state index contributed by atoms with van der Waals surface area (Å²) in [5.41, 5.74) is 7.48. The topological polar surface area (TPSA) is 117 Å². The molecule has 0 saturated carbocycles. The number of hydrogen-bond donors (Lipinski definition) is 1. The summed E-state index contributed by atoms with van der Waals surface area (Å²) < 4.78 is 4.40. The average Bonchev–Trinajstić information content (AvgIpc) is 3.13. The van der Waals surface area contributed by atoms with Crippen molar-refractivity contribution >= 4 is 17.0 Å². The number of hydrogen-bond acceptors (Lipinski definition) is 7. The molecule has 4 heterocycles. The molecular weight excluding hydrogens is 408 g/mol. The Balaban J connectivity index is 1.93. The number of imidazole rings is 1. The van der Waals surface area contributed by atoms with Crippen molar-refractivity contribution in [1.29, 1.82) is 0 Å². The first-order valence-corrected chi connectivity index (χ1v) is 10.7. The fraction of sp³-hybridized carbons (Fsp3) is 0.500. The van der Waals surface area contributed by atoms with Crippen LogP contribution >= 0.6 is 0 Å². The van der Waals surface area contributed by atoms with Gasteiger partial charge in [0.15, 0.2) is 5.52 Å². The van der Waals surface area contributed by atoms with Gasteiger partial charge in [-0.2, -0.15) is 0 Å². The molecule has 1 atom stereocenters. The van der Waals surface area contributed by atoms with Crippen LogP contribution in [-0.2, 0) is 20.1 Å². The molecule has 32 heavy (non-hydrogen) atoms. The number of nitrogens with zero attached hydrogens (tertiary/aromatic N) is 7. The number of nitrogens with two attached hydrogens (primary N) is 1. The predicted molar refractivity (Wildman–Crippen MR) is 123 cm³/mol. The van der Waals surface area contributed by atoms with E-state index in [1.54, 1.807) is 18.5 Å². The second-order valence-corrected chi connectivity index (χ2v) is 8.23. The zero-order valence-corrected chi connectivity index (χ0v) is 18.9. The molecule has 168 valence electrons. The summed E-state index contributed by atoms with van der Waals surface area (Å²) in [7, 11) is 1.56. The molecule has 2 N–H and O–H groups in total. The third-order valence-electron chi connectivity index (χ3n) is 5.72. The van der Waals surface area contributed by atoms with Gasteiger partial charge in [0.2, 0.25) is 5.95 Å². The van der Waals surface area contributed by atoms with E-state index in [4.69, 9.17) is 5.73 Å². The Morgan fingerprint density at radius 1 is 1.16 bits per heavy atom. The Hall–Kier alpha value is -3.45. The minimum atomic E-state index is -0.352. The molecule has 3 aromatic rings. The van der Waals surface area contributed by atoms with Gasteiger partial charge < -0.3 is 10.6 Å². The first kappa shape index (κ1) is 21.8. The van der Waals surface area contributed by atoms with Gasteiger partial charge >= 0.3 is 0 Å². The molecule has 0 spiro atoms. The quantitative estimate of drug-likeness (QED) is 0.585. The smallest absolute Gasteiger partial charge is 0.293 e. The van der Waals surface area contributed by atoms with Crippen LogP contribution in [0.1, 0.15) is 37.0 Å². The summed E-state index contributed by atoms with van der Waals surface area (Å²) in [4.78, 5) is 42.3. The SMILES string of the molecule is CC#CCn1c(N2CCCC(N)C2)nc2c(=O)n(C)n(Cc3nc(C)cc(C)n3)c(=O)c21. The number of fused-ring (bicyclic) bond motifs is 1. The predicted octanol–water partition coefficient (Wildman–Crippen LogP) is 0.303. The largest absolute Gasteiger partial charge is 0.341 e. The highest BCUT2D eigenvalue weighted by Crippen LogP contribution is 2.22. The number of rotatable bonds is 4. The molecule has 0 amide bonds. The monoisotopic (exact) mass is 436 g/mol. The summed E-state index contributed by atoms with van der Waals surface area (Å²) in [6, 6.07) is 1.89. The van der Waals surface area contributed by atoms with E-state index >= 15 is 0 Å². The van der Waals surface area contributed by atoms with Crippen LogP contribution in [0.4, 0.5) is 5.95 Å². The summed E-state index contributed by atoms with van der Waals surface area (Å²) in [5.74, 6) is 6.92. The Morgan fingerprint density at radius 2 is 1.88 bits per heavy atom. The minimum absolute atomic E-state index is 0.0236. The van der Waals surface area contributed by atoms with E-state index in [9.17, 15) is 9.59 Å². The minimum Gasteiger partial charge on any atom is -0.341 e. The number of aryl methyl sites for hydroxylation is 2. The summed E-state index contributed by atoms with van der Waals surface area (Å²) in [6.07, 6.45) is 1.87. The van der Waals surface area contributed by atoms with Crippen molar-refractivity contribution in [2.75, 3.05) is 18.0 Å². The van der Waals surface area contributed by atoms with Gasteiger partial charge in [-0.3, -0.25) is 14.2 Å². The number of piperidine rings is 1. The van der Waals surface area contributed by atoms with Crippen LogP contribution in [0, 0.1) is 25.7 Å². The average molecular weight is 437 g/mol. The lowest BCUT2D eigenvalue weighted by molar-refractivity contribution is 0.489. The highest BCUT2D eigenvalue weighted by atomic mass is 16.2. The van der Waals surface area contributed by atoms with Crippen LogP contribution in [-0.4, -0.2) is 48.0 Å². The zero-order valence-electron chi connectivity index (χ0n) is 18.9. The molecule has 1 saturated heterocycles. The van der Waals surface area contributed by atoms with Crippen molar-refractivity contribution in [3.63, 3.8) is 0 Å². The first-order valence-electron chi connectivity index (χ1n) is 10.7. The molecule has 4 rings (SSSR count). The van der Waals surface area contributed by atoms with E-state index in [0.717, 1.165) is 30.8 Å². The molecular formula is C22H28N8O2. The summed E-state index contributed by atoms with van der Waals surface area (Å²) in [5, 5.41) is 0. The molecule has 0 aliphatic carbocycles. The van der Waals surface area contributed by atoms with Gasteiger partial charge in [-0.25, -0.2) is 24.3 Å². The summed E-state index contributed by atoms with van der Waals surface area (Å²) in [6.45, 7) is 7.21. The number of aromatic nitrogens is 6. The first-order chi connectivity index (χ1) is 15.3. The molecule has 1 aliphatic rings. The van der Waals surface area contributed by atoms with Crippen molar-refractivity contribution < 1.29 is 0 Å². The lowest BCUT2D eigenvalue weighted by Crippen LogP contribution is -2.44. The van der Waals surface area contributed by atoms with Crippen molar-refractivity contribution in [1.82, 2.24) is 28.9 Å². The van der Waals surface area contributed by atoms with Gasteiger partial charge in [-0.1, -0.05) is 5.92 Å². The molecule has 1 aliphatic heterocycles. The van der Waals surface area contributed by atoms with Crippen molar-refractivity contribution in [3.05, 3.63) is 44.0 Å². The van der Waals surface area contributed by atoms with Crippen molar-refractivity contribution in [2.45, 2.75) is 52.7 Å². The van der Waals surface area contributed by atoms with Crippen molar-refractivity contribution in [2.24, 2.45) is 12.8 Å². The van der Waals surface area contributed by atoms with E-state index in [1.165, 1.54) is 9.36 Å². The van der Waals surface area contributed by atoms with Crippen LogP contribution in [0.25, 0.3) is 11.0 Å². The van der Waals surface area contributed by atoms with Crippen molar-refractivity contribution in [3.8, 4) is 11.8 Å². The maximum Gasteiger partial charge on any atom is 0.293 e. The Morgan fingerprint density at radius 3 is 2.53 bits per heavy atom. The standard InChI is InChI=1S/C22H28N8O2/c1-5-6-10-29-19-18(26-22(29)28-9-7-8-16(23)12-28)20(31)27(4)30(21(19)32)13-17-24-14(2)11-15(3)25-17/h11,16H,7-10,12-13,23H2,1-4H3. The van der Waals surface area contributed by atoms with Gasteiger partial charge in [0.25, 0.3) is 11.1 Å². The van der Waals surface area contributed by atoms with E-state index in [0.29, 0.717) is 18.3 Å². The molecule has 0 radical (unpaired) electrons. The molecule has 0 aromatic carbocycles. The van der Waals surface area contributed by atoms with Gasteiger partial charge in [0.05, 0.1) is 6.54 Å². The van der Waals surface area contributed by atoms with Crippen LogP contribution in [0.3, 0.4) is 0 Å². The van der Waals surface area contributed by atoms with Gasteiger partial charge in [0.1, 0.15) is 17.9 Å². The van der Waals surface area contributed by atoms with Gasteiger partial charge in [0, 0.05) is 37.6 Å². The Bertz CT molecular complexity index is 1330. The molecule has 3 aromatic heterocycles. The van der Waals surface area contributed by atoms with E-state index in [-0.39, 0.29) is 41.3 Å².